The van der Waals surface area contributed by atoms with Crippen LogP contribution >= 0.6 is 35.0 Å². The molecule has 1 aliphatic rings. The van der Waals surface area contributed by atoms with Gasteiger partial charge in [-0.3, -0.25) is 4.79 Å². The maximum absolute atomic E-state index is 12.9. The van der Waals surface area contributed by atoms with Crippen LogP contribution in [0.5, 0.6) is 0 Å². The van der Waals surface area contributed by atoms with E-state index in [2.05, 4.69) is 15.5 Å². The first-order valence-electron chi connectivity index (χ1n) is 9.49. The van der Waals surface area contributed by atoms with Gasteiger partial charge in [-0.2, -0.15) is 18.3 Å². The van der Waals surface area contributed by atoms with E-state index in [-0.39, 0.29) is 17.2 Å². The highest BCUT2D eigenvalue weighted by molar-refractivity contribution is 8.15. The molecule has 1 aliphatic heterocycles. The first kappa shape index (κ1) is 23.4. The van der Waals surface area contributed by atoms with Gasteiger partial charge in [-0.1, -0.05) is 53.2 Å². The molecule has 1 fully saturated rings. The number of nitrogens with one attached hydrogen (secondary N) is 1. The summed E-state index contributed by atoms with van der Waals surface area (Å²) in [5.41, 5.74) is 0.315. The van der Waals surface area contributed by atoms with E-state index in [9.17, 15) is 18.0 Å². The van der Waals surface area contributed by atoms with Crippen LogP contribution in [0, 0.1) is 0 Å². The highest BCUT2D eigenvalue weighted by Gasteiger charge is 2.31. The molecule has 5 nitrogen and oxygen atoms in total. The van der Waals surface area contributed by atoms with Gasteiger partial charge in [-0.15, -0.1) is 5.10 Å². The molecule has 0 bridgehead atoms. The molecule has 0 saturated carbocycles. The fraction of sp³-hybridized carbons (Fsp3) is 0.136. The molecule has 0 spiro atoms. The normalized spacial score (nSPS) is 17.8. The van der Waals surface area contributed by atoms with E-state index < -0.39 is 17.0 Å². The third-order valence-electron chi connectivity index (χ3n) is 4.63. The largest absolute Gasteiger partial charge is 0.455 e. The van der Waals surface area contributed by atoms with Crippen LogP contribution in [0.4, 0.5) is 13.2 Å². The average molecular weight is 512 g/mol. The third kappa shape index (κ3) is 5.79. The number of carbonyl (C=O) groups excluding carboxylic acids is 1. The lowest BCUT2D eigenvalue weighted by Crippen LogP contribution is -2.26. The Hall–Kier alpha value is -2.75. The maximum Gasteiger partial charge on any atom is 0.416 e. The molecule has 0 aliphatic carbocycles. The number of amides is 1. The van der Waals surface area contributed by atoms with Crippen molar-refractivity contribution in [2.75, 3.05) is 0 Å². The van der Waals surface area contributed by atoms with Crippen molar-refractivity contribution in [2.45, 2.75) is 17.8 Å². The second-order valence-corrected chi connectivity index (χ2v) is 9.00. The highest BCUT2D eigenvalue weighted by atomic mass is 35.5. The van der Waals surface area contributed by atoms with Crippen molar-refractivity contribution in [1.82, 2.24) is 5.32 Å². The molecule has 2 heterocycles. The van der Waals surface area contributed by atoms with Crippen LogP contribution < -0.4 is 5.32 Å². The van der Waals surface area contributed by atoms with Crippen LogP contribution in [-0.2, 0) is 17.4 Å². The second kappa shape index (κ2) is 9.62. The average Bonchev–Trinajstić information content (AvgIpc) is 3.36. The molecule has 1 saturated heterocycles. The standard InChI is InChI=1S/C22H14Cl2F3N3O2S/c23-15-5-4-12(17(24)10-15)9-19-20(31)29-21(33-19)30-28-11-16-6-7-18(32-16)13-2-1-3-14(8-13)22(25,26)27/h1-8,10-11,19H,9H2,(H,29,30,31)/b28-11+. The van der Waals surface area contributed by atoms with E-state index >= 15 is 0 Å². The Balaban J connectivity index is 1.41. The fourth-order valence-corrected chi connectivity index (χ4v) is 4.48. The Morgan fingerprint density at radius 3 is 2.70 bits per heavy atom. The number of amidine groups is 1. The number of furan rings is 1. The zero-order valence-electron chi connectivity index (χ0n) is 16.6. The van der Waals surface area contributed by atoms with Gasteiger partial charge in [0.15, 0.2) is 5.17 Å². The first-order chi connectivity index (χ1) is 15.7. The molecule has 170 valence electrons. The SMILES string of the molecule is O=C1N/C(=N\N=C\c2ccc(-c3cccc(C(F)(F)F)c3)o2)SC1Cc1ccc(Cl)cc1Cl. The Morgan fingerprint density at radius 1 is 1.12 bits per heavy atom. The molecule has 1 aromatic heterocycles. The molecule has 0 radical (unpaired) electrons. The summed E-state index contributed by atoms with van der Waals surface area (Å²) < 4.78 is 44.3. The van der Waals surface area contributed by atoms with Crippen LogP contribution in [0.2, 0.25) is 10.0 Å². The number of hydrogen-bond donors (Lipinski definition) is 1. The molecule has 3 aromatic rings. The second-order valence-electron chi connectivity index (χ2n) is 6.97. The number of thioether (sulfide) groups is 1. The van der Waals surface area contributed by atoms with E-state index in [0.29, 0.717) is 27.4 Å². The van der Waals surface area contributed by atoms with Gasteiger partial charge in [0, 0.05) is 15.6 Å². The summed E-state index contributed by atoms with van der Waals surface area (Å²) in [5, 5.41) is 11.4. The number of alkyl halides is 3. The maximum atomic E-state index is 12.9. The molecule has 2 aromatic carbocycles. The summed E-state index contributed by atoms with van der Waals surface area (Å²) in [6, 6.07) is 13.0. The molecule has 33 heavy (non-hydrogen) atoms. The van der Waals surface area contributed by atoms with E-state index in [4.69, 9.17) is 27.6 Å². The van der Waals surface area contributed by atoms with Crippen LogP contribution in [0.25, 0.3) is 11.3 Å². The van der Waals surface area contributed by atoms with Gasteiger partial charge >= 0.3 is 6.18 Å². The number of nitrogens with zero attached hydrogens (tertiary/aromatic N) is 2. The highest BCUT2D eigenvalue weighted by Crippen LogP contribution is 2.32. The van der Waals surface area contributed by atoms with Gasteiger partial charge in [0.05, 0.1) is 17.0 Å². The Labute approximate surface area is 200 Å². The fourth-order valence-electron chi connectivity index (χ4n) is 3.04. The topological polar surface area (TPSA) is 67.0 Å². The van der Waals surface area contributed by atoms with E-state index in [0.717, 1.165) is 17.7 Å². The smallest absolute Gasteiger partial charge is 0.416 e. The van der Waals surface area contributed by atoms with Crippen LogP contribution in [0.3, 0.4) is 0 Å². The first-order valence-corrected chi connectivity index (χ1v) is 11.1. The van der Waals surface area contributed by atoms with Gasteiger partial charge in [0.2, 0.25) is 5.91 Å². The minimum Gasteiger partial charge on any atom is -0.455 e. The predicted molar refractivity (Wildman–Crippen MR) is 124 cm³/mol. The van der Waals surface area contributed by atoms with E-state index in [1.807, 2.05) is 0 Å². The summed E-state index contributed by atoms with van der Waals surface area (Å²) in [6.07, 6.45) is -2.74. The van der Waals surface area contributed by atoms with Crippen molar-refractivity contribution in [2.24, 2.45) is 10.2 Å². The lowest BCUT2D eigenvalue weighted by Gasteiger charge is -2.07. The molecule has 1 amide bonds. The van der Waals surface area contributed by atoms with Gasteiger partial charge < -0.3 is 9.73 Å². The molecule has 11 heteroatoms. The summed E-state index contributed by atoms with van der Waals surface area (Å²) in [6.45, 7) is 0. The Kier molecular flexibility index (Phi) is 6.83. The third-order valence-corrected chi connectivity index (χ3v) is 6.29. The molecule has 1 N–H and O–H groups in total. The number of hydrogen-bond acceptors (Lipinski definition) is 5. The van der Waals surface area contributed by atoms with Crippen LogP contribution in [-0.4, -0.2) is 22.5 Å². The molecular weight excluding hydrogens is 498 g/mol. The zero-order chi connectivity index (χ0) is 23.6. The number of benzene rings is 2. The monoisotopic (exact) mass is 511 g/mol. The molecule has 4 rings (SSSR count). The van der Waals surface area contributed by atoms with Crippen molar-refractivity contribution < 1.29 is 22.4 Å². The zero-order valence-corrected chi connectivity index (χ0v) is 18.9. The number of carbonyl (C=O) groups is 1. The molecule has 1 atom stereocenters. The summed E-state index contributed by atoms with van der Waals surface area (Å²) in [4.78, 5) is 12.2. The minimum atomic E-state index is -4.44. The summed E-state index contributed by atoms with van der Waals surface area (Å²) in [7, 11) is 0. The van der Waals surface area contributed by atoms with Gasteiger partial charge in [-0.05, 0) is 48.4 Å². The van der Waals surface area contributed by atoms with Crippen molar-refractivity contribution in [3.63, 3.8) is 0 Å². The summed E-state index contributed by atoms with van der Waals surface area (Å²) >= 11 is 13.3. The Morgan fingerprint density at radius 2 is 1.94 bits per heavy atom. The van der Waals surface area contributed by atoms with Gasteiger partial charge in [0.25, 0.3) is 0 Å². The lowest BCUT2D eigenvalue weighted by atomic mass is 10.1. The van der Waals surface area contributed by atoms with Crippen LogP contribution in [0.15, 0.2) is 69.2 Å². The number of halogens is 5. The van der Waals surface area contributed by atoms with E-state index in [1.54, 1.807) is 30.3 Å². The Bertz CT molecular complexity index is 1260. The minimum absolute atomic E-state index is 0.218. The van der Waals surface area contributed by atoms with E-state index in [1.165, 1.54) is 30.1 Å². The quantitative estimate of drug-likeness (QED) is 0.316. The predicted octanol–water partition coefficient (Wildman–Crippen LogP) is 6.44. The lowest BCUT2D eigenvalue weighted by molar-refractivity contribution is -0.137. The van der Waals surface area contributed by atoms with Crippen LogP contribution in [0.1, 0.15) is 16.9 Å². The van der Waals surface area contributed by atoms with Crippen molar-refractivity contribution in [1.29, 1.82) is 0 Å². The number of rotatable bonds is 5. The molecule has 1 unspecified atom stereocenters. The van der Waals surface area contributed by atoms with Crippen molar-refractivity contribution in [3.8, 4) is 11.3 Å². The summed E-state index contributed by atoms with van der Waals surface area (Å²) in [5.74, 6) is 0.342. The van der Waals surface area contributed by atoms with Crippen molar-refractivity contribution in [3.05, 3.63) is 81.5 Å². The van der Waals surface area contributed by atoms with Gasteiger partial charge in [-0.25, -0.2) is 0 Å². The molecular formula is C22H14Cl2F3N3O2S. The van der Waals surface area contributed by atoms with Crippen molar-refractivity contribution >= 4 is 52.3 Å². The van der Waals surface area contributed by atoms with Gasteiger partial charge in [0.1, 0.15) is 11.5 Å².